The van der Waals surface area contributed by atoms with Gasteiger partial charge in [-0.05, 0) is 108 Å². The monoisotopic (exact) mass is 443 g/mol. The van der Waals surface area contributed by atoms with Gasteiger partial charge in [-0.25, -0.2) is 0 Å². The number of nitrogens with one attached hydrogen (secondary N) is 1. The first-order valence-electron chi connectivity index (χ1n) is 12.7. The van der Waals surface area contributed by atoms with Gasteiger partial charge in [-0.3, -0.25) is 4.79 Å². The largest absolute Gasteiger partial charge is 0.340 e. The van der Waals surface area contributed by atoms with Crippen molar-refractivity contribution in [2.75, 3.05) is 13.1 Å². The van der Waals surface area contributed by atoms with Gasteiger partial charge in [0.25, 0.3) is 0 Å². The van der Waals surface area contributed by atoms with Gasteiger partial charge in [-0.1, -0.05) is 19.1 Å². The topological polar surface area (TPSA) is 41.0 Å². The number of hydrogen-bond donors (Lipinski definition) is 1. The molecule has 0 unspecified atom stereocenters. The Hall–Kier alpha value is -2.59. The molecular weight excluding hydrogens is 406 g/mol. The maximum Gasteiger partial charge on any atom is 0.199 e. The van der Waals surface area contributed by atoms with Crippen molar-refractivity contribution in [1.82, 2.24) is 14.5 Å². The second-order valence-electron chi connectivity index (χ2n) is 10.5. The van der Waals surface area contributed by atoms with Crippen LogP contribution >= 0.6 is 0 Å². The first-order chi connectivity index (χ1) is 15.8. The van der Waals surface area contributed by atoms with Crippen molar-refractivity contribution in [2.24, 2.45) is 0 Å². The second kappa shape index (κ2) is 8.32. The van der Waals surface area contributed by atoms with Crippen molar-refractivity contribution in [3.05, 3.63) is 57.2 Å². The van der Waals surface area contributed by atoms with Gasteiger partial charge in [0.2, 0.25) is 0 Å². The minimum Gasteiger partial charge on any atom is -0.340 e. The number of aromatic nitrogens is 2. The maximum atomic E-state index is 13.9. The maximum absolute atomic E-state index is 13.9. The van der Waals surface area contributed by atoms with Gasteiger partial charge in [-0.2, -0.15) is 0 Å². The summed E-state index contributed by atoms with van der Waals surface area (Å²) in [6, 6.07) is 11.8. The zero-order chi connectivity index (χ0) is 23.4. The standard InChI is InChI=1S/C29H37N3O/c1-7-20-15-24-26(16-23(20)21-10-12-31(13-11-21)17(2)3)32(18(4)5)29-27(28(24)33)22-9-8-19(6)14-25(22)30-29/h8-9,14-18,21,30H,7,10-13H2,1-6H3. The summed E-state index contributed by atoms with van der Waals surface area (Å²) in [4.78, 5) is 20.0. The van der Waals surface area contributed by atoms with Gasteiger partial charge < -0.3 is 14.5 Å². The first-order valence-corrected chi connectivity index (χ1v) is 12.7. The van der Waals surface area contributed by atoms with Crippen LogP contribution in [0.5, 0.6) is 0 Å². The van der Waals surface area contributed by atoms with E-state index in [2.05, 4.69) is 86.3 Å². The molecular formula is C29H37N3O. The molecule has 1 saturated heterocycles. The minimum absolute atomic E-state index is 0.155. The summed E-state index contributed by atoms with van der Waals surface area (Å²) in [6.45, 7) is 15.7. The lowest BCUT2D eigenvalue weighted by Gasteiger charge is -2.35. The van der Waals surface area contributed by atoms with Crippen LogP contribution in [-0.4, -0.2) is 33.6 Å². The fourth-order valence-electron chi connectivity index (χ4n) is 5.94. The van der Waals surface area contributed by atoms with E-state index >= 15 is 0 Å². The summed E-state index contributed by atoms with van der Waals surface area (Å²) in [7, 11) is 0. The lowest BCUT2D eigenvalue weighted by Crippen LogP contribution is -2.38. The molecule has 2 aromatic carbocycles. The number of piperidine rings is 1. The molecule has 1 N–H and O–H groups in total. The zero-order valence-corrected chi connectivity index (χ0v) is 21.0. The van der Waals surface area contributed by atoms with Gasteiger partial charge in [0.1, 0.15) is 5.65 Å². The summed E-state index contributed by atoms with van der Waals surface area (Å²) < 4.78 is 2.35. The Bertz CT molecular complexity index is 1400. The van der Waals surface area contributed by atoms with E-state index in [9.17, 15) is 4.79 Å². The third kappa shape index (κ3) is 3.59. The van der Waals surface area contributed by atoms with Crippen LogP contribution in [0.3, 0.4) is 0 Å². The van der Waals surface area contributed by atoms with Crippen molar-refractivity contribution in [3.8, 4) is 0 Å². The molecule has 4 nitrogen and oxygen atoms in total. The Balaban J connectivity index is 1.77. The smallest absolute Gasteiger partial charge is 0.199 e. The molecule has 1 aliphatic heterocycles. The summed E-state index contributed by atoms with van der Waals surface area (Å²) >= 11 is 0. The molecule has 0 bridgehead atoms. The van der Waals surface area contributed by atoms with Crippen LogP contribution in [0.4, 0.5) is 0 Å². The Morgan fingerprint density at radius 2 is 1.73 bits per heavy atom. The molecule has 5 rings (SSSR count). The molecule has 0 amide bonds. The number of rotatable bonds is 4. The summed E-state index contributed by atoms with van der Waals surface area (Å²) in [5, 5.41) is 2.71. The van der Waals surface area contributed by atoms with E-state index < -0.39 is 0 Å². The highest BCUT2D eigenvalue weighted by atomic mass is 16.1. The van der Waals surface area contributed by atoms with Crippen LogP contribution in [0.15, 0.2) is 35.1 Å². The number of fused-ring (bicyclic) bond motifs is 4. The highest BCUT2D eigenvalue weighted by Gasteiger charge is 2.26. The molecule has 4 heteroatoms. The van der Waals surface area contributed by atoms with Crippen LogP contribution in [-0.2, 0) is 6.42 Å². The van der Waals surface area contributed by atoms with E-state index in [-0.39, 0.29) is 11.5 Å². The molecule has 4 aromatic rings. The molecule has 3 heterocycles. The fourth-order valence-corrected chi connectivity index (χ4v) is 5.94. The summed E-state index contributed by atoms with van der Waals surface area (Å²) in [5.41, 5.74) is 7.22. The molecule has 0 spiro atoms. The lowest BCUT2D eigenvalue weighted by molar-refractivity contribution is 0.171. The average molecular weight is 444 g/mol. The van der Waals surface area contributed by atoms with Crippen molar-refractivity contribution >= 4 is 32.8 Å². The number of aryl methyl sites for hydroxylation is 2. The van der Waals surface area contributed by atoms with E-state index in [1.807, 2.05) is 0 Å². The molecule has 0 radical (unpaired) electrons. The van der Waals surface area contributed by atoms with E-state index in [4.69, 9.17) is 0 Å². The molecule has 0 saturated carbocycles. The number of aromatic amines is 1. The number of benzene rings is 2. The summed E-state index contributed by atoms with van der Waals surface area (Å²) in [6.07, 6.45) is 3.34. The molecule has 1 aliphatic rings. The van der Waals surface area contributed by atoms with Crippen molar-refractivity contribution in [3.63, 3.8) is 0 Å². The highest BCUT2D eigenvalue weighted by Crippen LogP contribution is 2.36. The molecule has 33 heavy (non-hydrogen) atoms. The predicted octanol–water partition coefficient (Wildman–Crippen LogP) is 6.68. The second-order valence-corrected chi connectivity index (χ2v) is 10.5. The van der Waals surface area contributed by atoms with Crippen molar-refractivity contribution < 1.29 is 0 Å². The van der Waals surface area contributed by atoms with Crippen LogP contribution < -0.4 is 5.43 Å². The summed E-state index contributed by atoms with van der Waals surface area (Å²) in [5.74, 6) is 0.566. The Morgan fingerprint density at radius 1 is 1.00 bits per heavy atom. The minimum atomic E-state index is 0.155. The number of H-pyrrole nitrogens is 1. The van der Waals surface area contributed by atoms with E-state index in [1.54, 1.807) is 0 Å². The van der Waals surface area contributed by atoms with E-state index in [0.29, 0.717) is 12.0 Å². The lowest BCUT2D eigenvalue weighted by atomic mass is 9.84. The van der Waals surface area contributed by atoms with E-state index in [1.165, 1.54) is 29.5 Å². The molecule has 174 valence electrons. The number of nitrogens with zero attached hydrogens (tertiary/aromatic N) is 2. The number of hydrogen-bond acceptors (Lipinski definition) is 2. The van der Waals surface area contributed by atoms with Gasteiger partial charge >= 0.3 is 0 Å². The molecule has 2 aromatic heterocycles. The first kappa shape index (κ1) is 22.2. The third-order valence-corrected chi connectivity index (χ3v) is 7.76. The van der Waals surface area contributed by atoms with Gasteiger partial charge in [0.15, 0.2) is 5.43 Å². The van der Waals surface area contributed by atoms with Crippen LogP contribution in [0.1, 0.15) is 76.1 Å². The fraction of sp³-hybridized carbons (Fsp3) is 0.483. The zero-order valence-electron chi connectivity index (χ0n) is 21.0. The Morgan fingerprint density at radius 3 is 2.36 bits per heavy atom. The molecule has 1 fully saturated rings. The van der Waals surface area contributed by atoms with Gasteiger partial charge in [-0.15, -0.1) is 0 Å². The van der Waals surface area contributed by atoms with Crippen molar-refractivity contribution in [2.45, 2.75) is 78.8 Å². The van der Waals surface area contributed by atoms with Crippen molar-refractivity contribution in [1.29, 1.82) is 0 Å². The molecule has 0 atom stereocenters. The van der Waals surface area contributed by atoms with Crippen LogP contribution in [0.2, 0.25) is 0 Å². The third-order valence-electron chi connectivity index (χ3n) is 7.76. The SMILES string of the molecule is CCc1cc2c(=O)c3c4ccc(C)cc4[nH]c3n(C(C)C)c2cc1C1CCN(C(C)C)CC1. The van der Waals surface area contributed by atoms with Crippen LogP contribution in [0.25, 0.3) is 32.8 Å². The Kier molecular flexibility index (Phi) is 5.60. The van der Waals surface area contributed by atoms with Gasteiger partial charge in [0, 0.05) is 28.4 Å². The number of pyridine rings is 1. The Labute approximate surface area is 196 Å². The van der Waals surface area contributed by atoms with Crippen LogP contribution in [0, 0.1) is 6.92 Å². The average Bonchev–Trinajstić information content (AvgIpc) is 3.16. The quantitative estimate of drug-likeness (QED) is 0.382. The number of likely N-dealkylation sites (tertiary alicyclic amines) is 1. The van der Waals surface area contributed by atoms with E-state index in [0.717, 1.165) is 52.3 Å². The predicted molar refractivity (Wildman–Crippen MR) is 141 cm³/mol. The molecule has 0 aliphatic carbocycles. The van der Waals surface area contributed by atoms with Gasteiger partial charge in [0.05, 0.1) is 10.9 Å². The normalized spacial score (nSPS) is 16.2. The highest BCUT2D eigenvalue weighted by molar-refractivity contribution is 6.10.